The predicted octanol–water partition coefficient (Wildman–Crippen LogP) is 0.499. The van der Waals surface area contributed by atoms with Gasteiger partial charge in [0.1, 0.15) is 5.82 Å². The Morgan fingerprint density at radius 1 is 1.77 bits per heavy atom. The van der Waals surface area contributed by atoms with E-state index in [1.165, 1.54) is 0 Å². The number of ether oxygens (including phenoxy) is 1. The molecule has 0 bridgehead atoms. The van der Waals surface area contributed by atoms with Gasteiger partial charge < -0.3 is 10.1 Å². The monoisotopic (exact) mass is 182 g/mol. The maximum Gasteiger partial charge on any atom is 0.145 e. The van der Waals surface area contributed by atoms with Crippen molar-refractivity contribution < 1.29 is 4.74 Å². The Morgan fingerprint density at radius 2 is 2.69 bits per heavy atom. The van der Waals surface area contributed by atoms with Crippen molar-refractivity contribution in [2.45, 2.75) is 25.9 Å². The van der Waals surface area contributed by atoms with Gasteiger partial charge in [0.15, 0.2) is 0 Å². The van der Waals surface area contributed by atoms with Crippen LogP contribution in [0.2, 0.25) is 0 Å². The third-order valence-corrected chi connectivity index (χ3v) is 2.20. The van der Waals surface area contributed by atoms with Gasteiger partial charge in [-0.25, -0.2) is 4.68 Å². The molecule has 1 unspecified atom stereocenters. The van der Waals surface area contributed by atoms with Crippen molar-refractivity contribution >= 4 is 5.82 Å². The molecule has 1 atom stereocenters. The van der Waals surface area contributed by atoms with Gasteiger partial charge in [0.2, 0.25) is 0 Å². The lowest BCUT2D eigenvalue weighted by molar-refractivity contribution is 0.195. The van der Waals surface area contributed by atoms with Crippen molar-refractivity contribution in [1.29, 1.82) is 0 Å². The molecule has 2 rings (SSSR count). The minimum absolute atomic E-state index is 0.420. The van der Waals surface area contributed by atoms with Crippen molar-refractivity contribution in [2.24, 2.45) is 0 Å². The van der Waals surface area contributed by atoms with Gasteiger partial charge in [-0.05, 0) is 13.3 Å². The highest BCUT2D eigenvalue weighted by molar-refractivity contribution is 5.32. The van der Waals surface area contributed by atoms with E-state index in [1.54, 1.807) is 6.20 Å². The van der Waals surface area contributed by atoms with E-state index in [0.717, 1.165) is 32.0 Å². The van der Waals surface area contributed by atoms with Crippen molar-refractivity contribution in [3.8, 4) is 0 Å². The number of nitrogens with zero attached hydrogens (tertiary/aromatic N) is 3. The zero-order valence-electron chi connectivity index (χ0n) is 7.73. The van der Waals surface area contributed by atoms with Gasteiger partial charge in [0, 0.05) is 13.2 Å². The molecule has 1 fully saturated rings. The first-order chi connectivity index (χ1) is 6.40. The van der Waals surface area contributed by atoms with Crippen molar-refractivity contribution in [1.82, 2.24) is 15.0 Å². The summed E-state index contributed by atoms with van der Waals surface area (Å²) in [6.07, 6.45) is 2.82. The first-order valence-electron chi connectivity index (χ1n) is 4.63. The minimum atomic E-state index is 0.420. The summed E-state index contributed by atoms with van der Waals surface area (Å²) < 4.78 is 7.11. The van der Waals surface area contributed by atoms with Crippen LogP contribution in [0, 0.1) is 0 Å². The van der Waals surface area contributed by atoms with Crippen LogP contribution in [0.15, 0.2) is 6.20 Å². The van der Waals surface area contributed by atoms with Gasteiger partial charge in [0.25, 0.3) is 0 Å². The molecule has 0 radical (unpaired) electrons. The second-order valence-electron chi connectivity index (χ2n) is 3.14. The molecular weight excluding hydrogens is 168 g/mol. The van der Waals surface area contributed by atoms with Crippen LogP contribution < -0.4 is 5.32 Å². The summed E-state index contributed by atoms with van der Waals surface area (Å²) in [6, 6.07) is 0.420. The normalized spacial score (nSPS) is 22.1. The maximum absolute atomic E-state index is 5.27. The van der Waals surface area contributed by atoms with Gasteiger partial charge in [-0.2, -0.15) is 0 Å². The van der Waals surface area contributed by atoms with E-state index in [4.69, 9.17) is 4.74 Å². The summed E-state index contributed by atoms with van der Waals surface area (Å²) in [7, 11) is 0. The highest BCUT2D eigenvalue weighted by Crippen LogP contribution is 2.11. The van der Waals surface area contributed by atoms with Crippen molar-refractivity contribution in [3.63, 3.8) is 0 Å². The van der Waals surface area contributed by atoms with Crippen molar-refractivity contribution in [2.75, 3.05) is 18.5 Å². The van der Waals surface area contributed by atoms with Crippen LogP contribution in [0.5, 0.6) is 0 Å². The molecule has 1 N–H and O–H groups in total. The summed E-state index contributed by atoms with van der Waals surface area (Å²) in [5.41, 5.74) is 0. The Balaban J connectivity index is 1.99. The fraction of sp³-hybridized carbons (Fsp3) is 0.750. The number of hydrogen-bond donors (Lipinski definition) is 1. The molecule has 1 aromatic rings. The van der Waals surface area contributed by atoms with Crippen LogP contribution >= 0.6 is 0 Å². The average molecular weight is 182 g/mol. The highest BCUT2D eigenvalue weighted by Gasteiger charge is 2.16. The van der Waals surface area contributed by atoms with E-state index < -0.39 is 0 Å². The molecule has 1 saturated heterocycles. The first kappa shape index (κ1) is 8.50. The number of hydrogen-bond acceptors (Lipinski definition) is 4. The third kappa shape index (κ3) is 1.80. The Morgan fingerprint density at radius 3 is 3.38 bits per heavy atom. The van der Waals surface area contributed by atoms with Crippen LogP contribution in [-0.2, 0) is 11.3 Å². The smallest absolute Gasteiger partial charge is 0.145 e. The lowest BCUT2D eigenvalue weighted by Crippen LogP contribution is -2.21. The van der Waals surface area contributed by atoms with Crippen molar-refractivity contribution in [3.05, 3.63) is 6.20 Å². The zero-order valence-corrected chi connectivity index (χ0v) is 7.73. The molecule has 72 valence electrons. The van der Waals surface area contributed by atoms with Gasteiger partial charge in [-0.15, -0.1) is 5.10 Å². The molecule has 0 aliphatic carbocycles. The van der Waals surface area contributed by atoms with E-state index in [9.17, 15) is 0 Å². The molecular formula is C8H14N4O. The Hall–Kier alpha value is -1.10. The lowest BCUT2D eigenvalue weighted by Gasteiger charge is -2.11. The first-order valence-corrected chi connectivity index (χ1v) is 4.63. The number of rotatable bonds is 3. The molecule has 5 heteroatoms. The Bertz CT molecular complexity index is 267. The second kappa shape index (κ2) is 3.74. The summed E-state index contributed by atoms with van der Waals surface area (Å²) in [6.45, 7) is 4.53. The zero-order chi connectivity index (χ0) is 9.10. The highest BCUT2D eigenvalue weighted by atomic mass is 16.5. The largest absolute Gasteiger partial charge is 0.379 e. The maximum atomic E-state index is 5.27. The van der Waals surface area contributed by atoms with Gasteiger partial charge in [-0.1, -0.05) is 5.21 Å². The number of nitrogens with one attached hydrogen (secondary N) is 1. The number of aryl methyl sites for hydroxylation is 1. The van der Waals surface area contributed by atoms with E-state index in [0.29, 0.717) is 6.04 Å². The molecule has 1 aliphatic heterocycles. The molecule has 1 aliphatic rings. The molecule has 0 spiro atoms. The number of aromatic nitrogens is 3. The summed E-state index contributed by atoms with van der Waals surface area (Å²) in [5, 5.41) is 11.1. The molecule has 0 amide bonds. The van der Waals surface area contributed by atoms with E-state index in [1.807, 2.05) is 11.6 Å². The summed E-state index contributed by atoms with van der Waals surface area (Å²) in [4.78, 5) is 0. The summed E-state index contributed by atoms with van der Waals surface area (Å²) >= 11 is 0. The Labute approximate surface area is 77.1 Å². The topological polar surface area (TPSA) is 52.0 Å². The molecule has 0 aromatic carbocycles. The quantitative estimate of drug-likeness (QED) is 0.739. The van der Waals surface area contributed by atoms with Gasteiger partial charge >= 0.3 is 0 Å². The van der Waals surface area contributed by atoms with Gasteiger partial charge in [-0.3, -0.25) is 0 Å². The van der Waals surface area contributed by atoms with E-state index in [-0.39, 0.29) is 0 Å². The van der Waals surface area contributed by atoms with Crippen LogP contribution in [0.3, 0.4) is 0 Å². The fourth-order valence-corrected chi connectivity index (χ4v) is 1.46. The van der Waals surface area contributed by atoms with E-state index in [2.05, 4.69) is 15.6 Å². The third-order valence-electron chi connectivity index (χ3n) is 2.20. The summed E-state index contributed by atoms with van der Waals surface area (Å²) in [5.74, 6) is 0.984. The van der Waals surface area contributed by atoms with Crippen LogP contribution in [0.4, 0.5) is 5.82 Å². The standard InChI is InChI=1S/C8H14N4O/c1-2-12-8(5-9-11-12)10-7-3-4-13-6-7/h5,7,10H,2-4,6H2,1H3. The molecule has 5 nitrogen and oxygen atoms in total. The fourth-order valence-electron chi connectivity index (χ4n) is 1.46. The van der Waals surface area contributed by atoms with Crippen LogP contribution in [0.1, 0.15) is 13.3 Å². The van der Waals surface area contributed by atoms with Crippen LogP contribution in [0.25, 0.3) is 0 Å². The average Bonchev–Trinajstić information content (AvgIpc) is 2.76. The van der Waals surface area contributed by atoms with E-state index >= 15 is 0 Å². The predicted molar refractivity (Wildman–Crippen MR) is 48.5 cm³/mol. The molecule has 2 heterocycles. The molecule has 13 heavy (non-hydrogen) atoms. The minimum Gasteiger partial charge on any atom is -0.379 e. The van der Waals surface area contributed by atoms with Gasteiger partial charge in [0.05, 0.1) is 18.8 Å². The molecule has 1 aromatic heterocycles. The second-order valence-corrected chi connectivity index (χ2v) is 3.14. The number of anilines is 1. The lowest BCUT2D eigenvalue weighted by atomic mass is 10.3. The molecule has 0 saturated carbocycles. The Kier molecular flexibility index (Phi) is 2.44. The van der Waals surface area contributed by atoms with Crippen LogP contribution in [-0.4, -0.2) is 34.2 Å². The SMILES string of the molecule is CCn1nncc1NC1CCOC1.